The highest BCUT2D eigenvalue weighted by molar-refractivity contribution is 6.34. The highest BCUT2D eigenvalue weighted by atomic mass is 35.5. The Morgan fingerprint density at radius 1 is 1.24 bits per heavy atom. The Morgan fingerprint density at radius 2 is 1.82 bits per heavy atom. The lowest BCUT2D eigenvalue weighted by Gasteiger charge is -2.42. The minimum absolute atomic E-state index is 0.0633. The van der Waals surface area contributed by atoms with E-state index < -0.39 is 0 Å². The van der Waals surface area contributed by atoms with Crippen molar-refractivity contribution in [1.29, 1.82) is 0 Å². The molecule has 1 aliphatic carbocycles. The third-order valence-corrected chi connectivity index (χ3v) is 4.67. The summed E-state index contributed by atoms with van der Waals surface area (Å²) >= 11 is 12.1. The van der Waals surface area contributed by atoms with Gasteiger partial charge < -0.3 is 5.11 Å². The van der Waals surface area contributed by atoms with Crippen LogP contribution < -0.4 is 0 Å². The van der Waals surface area contributed by atoms with Gasteiger partial charge in [0.15, 0.2) is 0 Å². The molecule has 0 aliphatic heterocycles. The topological polar surface area (TPSA) is 20.2 Å². The third kappa shape index (κ3) is 2.62. The summed E-state index contributed by atoms with van der Waals surface area (Å²) in [6, 6.07) is 5.77. The summed E-state index contributed by atoms with van der Waals surface area (Å²) in [7, 11) is 0. The van der Waals surface area contributed by atoms with Crippen LogP contribution in [0.3, 0.4) is 0 Å². The number of aliphatic hydroxyl groups excluding tert-OH is 1. The molecule has 1 aromatic rings. The highest BCUT2D eigenvalue weighted by Gasteiger charge is 2.38. The number of halogens is 2. The first-order chi connectivity index (χ1) is 7.91. The molecule has 0 amide bonds. The van der Waals surface area contributed by atoms with Crippen LogP contribution in [0.25, 0.3) is 0 Å². The van der Waals surface area contributed by atoms with E-state index in [-0.39, 0.29) is 11.5 Å². The van der Waals surface area contributed by atoms with Crippen LogP contribution in [0.1, 0.15) is 38.7 Å². The fourth-order valence-electron chi connectivity index (χ4n) is 2.81. The largest absolute Gasteiger partial charge is 0.393 e. The molecule has 3 atom stereocenters. The van der Waals surface area contributed by atoms with E-state index in [4.69, 9.17) is 23.2 Å². The van der Waals surface area contributed by atoms with E-state index in [0.717, 1.165) is 19.3 Å². The maximum atomic E-state index is 9.72. The van der Waals surface area contributed by atoms with Crippen molar-refractivity contribution >= 4 is 23.2 Å². The average Bonchev–Trinajstić information content (AvgIpc) is 2.22. The van der Waals surface area contributed by atoms with Gasteiger partial charge in [-0.1, -0.05) is 37.0 Å². The van der Waals surface area contributed by atoms with Crippen molar-refractivity contribution in [2.45, 2.75) is 44.6 Å². The minimum atomic E-state index is -0.160. The summed E-state index contributed by atoms with van der Waals surface area (Å²) in [4.78, 5) is 0. The minimum Gasteiger partial charge on any atom is -0.393 e. The molecule has 1 fully saturated rings. The lowest BCUT2D eigenvalue weighted by molar-refractivity contribution is 0.0641. The van der Waals surface area contributed by atoms with Crippen LogP contribution in [0.2, 0.25) is 10.0 Å². The SMILES string of the molecule is CC1C[C@H](O)CC[C@@]1(C)c1cc(Cl)cc(Cl)c1. The molecule has 0 heterocycles. The van der Waals surface area contributed by atoms with Crippen LogP contribution in [0.5, 0.6) is 0 Å². The first-order valence-electron chi connectivity index (χ1n) is 6.06. The van der Waals surface area contributed by atoms with Crippen molar-refractivity contribution in [3.8, 4) is 0 Å². The van der Waals surface area contributed by atoms with Crippen LogP contribution in [0, 0.1) is 5.92 Å². The Labute approximate surface area is 113 Å². The summed E-state index contributed by atoms with van der Waals surface area (Å²) in [6.45, 7) is 4.43. The van der Waals surface area contributed by atoms with Gasteiger partial charge in [0, 0.05) is 10.0 Å². The van der Waals surface area contributed by atoms with Gasteiger partial charge in [-0.3, -0.25) is 0 Å². The van der Waals surface area contributed by atoms with Gasteiger partial charge in [0.05, 0.1) is 6.10 Å². The van der Waals surface area contributed by atoms with Crippen LogP contribution >= 0.6 is 23.2 Å². The van der Waals surface area contributed by atoms with Gasteiger partial charge in [0.2, 0.25) is 0 Å². The molecule has 1 nitrogen and oxygen atoms in total. The van der Waals surface area contributed by atoms with Crippen LogP contribution in [0.4, 0.5) is 0 Å². The second-order valence-corrected chi connectivity index (χ2v) is 6.28. The van der Waals surface area contributed by atoms with Crippen molar-refractivity contribution in [3.63, 3.8) is 0 Å². The van der Waals surface area contributed by atoms with E-state index in [1.165, 1.54) is 5.56 Å². The fourth-order valence-corrected chi connectivity index (χ4v) is 3.34. The summed E-state index contributed by atoms with van der Waals surface area (Å²) in [6.07, 6.45) is 2.52. The molecule has 0 saturated heterocycles. The van der Waals surface area contributed by atoms with Gasteiger partial charge in [-0.25, -0.2) is 0 Å². The monoisotopic (exact) mass is 272 g/mol. The lowest BCUT2D eigenvalue weighted by atomic mass is 9.64. The maximum absolute atomic E-state index is 9.72. The smallest absolute Gasteiger partial charge is 0.0543 e. The van der Waals surface area contributed by atoms with E-state index in [9.17, 15) is 5.11 Å². The molecule has 1 aliphatic rings. The molecule has 2 rings (SSSR count). The van der Waals surface area contributed by atoms with Gasteiger partial charge >= 0.3 is 0 Å². The Kier molecular flexibility index (Phi) is 3.72. The number of rotatable bonds is 1. The van der Waals surface area contributed by atoms with Crippen molar-refractivity contribution in [1.82, 2.24) is 0 Å². The summed E-state index contributed by atoms with van der Waals surface area (Å²) < 4.78 is 0. The third-order valence-electron chi connectivity index (χ3n) is 4.23. The van der Waals surface area contributed by atoms with Gasteiger partial charge in [0.25, 0.3) is 0 Å². The Hall–Kier alpha value is -0.240. The molecule has 1 N–H and O–H groups in total. The molecule has 1 saturated carbocycles. The molecule has 0 spiro atoms. The quantitative estimate of drug-likeness (QED) is 0.802. The van der Waals surface area contributed by atoms with Crippen molar-refractivity contribution < 1.29 is 5.11 Å². The zero-order valence-electron chi connectivity index (χ0n) is 10.2. The molecule has 94 valence electrons. The molecule has 0 aromatic heterocycles. The van der Waals surface area contributed by atoms with E-state index in [1.807, 2.05) is 12.1 Å². The zero-order chi connectivity index (χ0) is 12.6. The fraction of sp³-hybridized carbons (Fsp3) is 0.571. The summed E-state index contributed by atoms with van der Waals surface area (Å²) in [5.41, 5.74) is 1.25. The standard InChI is InChI=1S/C14H18Cl2O/c1-9-5-13(17)3-4-14(9,2)10-6-11(15)8-12(16)7-10/h6-9,13,17H,3-5H2,1-2H3/t9?,13-,14-/m1/s1. The van der Waals surface area contributed by atoms with Crippen molar-refractivity contribution in [2.24, 2.45) is 5.92 Å². The number of benzene rings is 1. The summed E-state index contributed by atoms with van der Waals surface area (Å²) in [5.74, 6) is 0.431. The molecular weight excluding hydrogens is 255 g/mol. The van der Waals surface area contributed by atoms with Gasteiger partial charge in [0.1, 0.15) is 0 Å². The van der Waals surface area contributed by atoms with E-state index >= 15 is 0 Å². The van der Waals surface area contributed by atoms with Gasteiger partial charge in [-0.05, 0) is 54.4 Å². The second-order valence-electron chi connectivity index (χ2n) is 5.40. The van der Waals surface area contributed by atoms with Crippen LogP contribution in [0.15, 0.2) is 18.2 Å². The molecule has 3 heteroatoms. The predicted octanol–water partition coefficient (Wildman–Crippen LogP) is 4.43. The first kappa shape index (κ1) is 13.2. The number of aliphatic hydroxyl groups is 1. The molecule has 0 radical (unpaired) electrons. The Balaban J connectivity index is 2.37. The van der Waals surface area contributed by atoms with E-state index in [1.54, 1.807) is 6.07 Å². The molecule has 1 unspecified atom stereocenters. The summed E-state index contributed by atoms with van der Waals surface area (Å²) in [5, 5.41) is 11.1. The lowest BCUT2D eigenvalue weighted by Crippen LogP contribution is -2.38. The van der Waals surface area contributed by atoms with E-state index in [0.29, 0.717) is 16.0 Å². The van der Waals surface area contributed by atoms with Crippen molar-refractivity contribution in [2.75, 3.05) is 0 Å². The average molecular weight is 273 g/mol. The predicted molar refractivity (Wildman–Crippen MR) is 72.8 cm³/mol. The molecular formula is C14H18Cl2O. The maximum Gasteiger partial charge on any atom is 0.0543 e. The number of hydrogen-bond donors (Lipinski definition) is 1. The molecule has 17 heavy (non-hydrogen) atoms. The molecule has 1 aromatic carbocycles. The van der Waals surface area contributed by atoms with Gasteiger partial charge in [-0.15, -0.1) is 0 Å². The molecule has 0 bridgehead atoms. The Morgan fingerprint density at radius 3 is 2.35 bits per heavy atom. The van der Waals surface area contributed by atoms with Gasteiger partial charge in [-0.2, -0.15) is 0 Å². The van der Waals surface area contributed by atoms with Crippen LogP contribution in [-0.4, -0.2) is 11.2 Å². The number of hydrogen-bond acceptors (Lipinski definition) is 1. The Bertz CT molecular complexity index is 398. The first-order valence-corrected chi connectivity index (χ1v) is 6.82. The normalized spacial score (nSPS) is 33.7. The highest BCUT2D eigenvalue weighted by Crippen LogP contribution is 2.44. The second kappa shape index (κ2) is 4.79. The zero-order valence-corrected chi connectivity index (χ0v) is 11.7. The van der Waals surface area contributed by atoms with Crippen LogP contribution in [-0.2, 0) is 5.41 Å². The van der Waals surface area contributed by atoms with E-state index in [2.05, 4.69) is 13.8 Å². The van der Waals surface area contributed by atoms with Crippen molar-refractivity contribution in [3.05, 3.63) is 33.8 Å².